The second-order valence-electron chi connectivity index (χ2n) is 7.80. The number of aromatic amines is 1. The molecule has 1 aliphatic rings. The summed E-state index contributed by atoms with van der Waals surface area (Å²) in [6.45, 7) is 3.49. The van der Waals surface area contributed by atoms with E-state index >= 15 is 0 Å². The molecule has 8 nitrogen and oxygen atoms in total. The van der Waals surface area contributed by atoms with E-state index in [1.54, 1.807) is 0 Å². The highest BCUT2D eigenvalue weighted by molar-refractivity contribution is 5.94. The Morgan fingerprint density at radius 2 is 1.81 bits per heavy atom. The summed E-state index contributed by atoms with van der Waals surface area (Å²) in [6, 6.07) is 19.1. The predicted molar refractivity (Wildman–Crippen MR) is 118 cm³/mol. The van der Waals surface area contributed by atoms with Gasteiger partial charge in [0.25, 0.3) is 0 Å². The maximum Gasteiger partial charge on any atom is 0.249 e. The van der Waals surface area contributed by atoms with Crippen LogP contribution in [0.4, 0.5) is 5.95 Å². The van der Waals surface area contributed by atoms with Crippen LogP contribution in [0, 0.1) is 0 Å². The summed E-state index contributed by atoms with van der Waals surface area (Å²) in [6.07, 6.45) is 0. The molecule has 1 fully saturated rings. The molecule has 8 heteroatoms. The van der Waals surface area contributed by atoms with Crippen LogP contribution in [-0.4, -0.2) is 64.1 Å². The minimum absolute atomic E-state index is 0.147. The van der Waals surface area contributed by atoms with E-state index in [4.69, 9.17) is 4.42 Å². The summed E-state index contributed by atoms with van der Waals surface area (Å²) in [5.74, 6) is 1.14. The molecule has 0 bridgehead atoms. The van der Waals surface area contributed by atoms with Gasteiger partial charge >= 0.3 is 0 Å². The number of furan rings is 1. The van der Waals surface area contributed by atoms with Crippen molar-refractivity contribution in [3.63, 3.8) is 0 Å². The highest BCUT2D eigenvalue weighted by Crippen LogP contribution is 2.27. The maximum absolute atomic E-state index is 13.3. The Labute approximate surface area is 179 Å². The van der Waals surface area contributed by atoms with Gasteiger partial charge in [0.1, 0.15) is 11.6 Å². The normalized spacial score (nSPS) is 16.4. The van der Waals surface area contributed by atoms with E-state index in [9.17, 15) is 4.79 Å². The number of amides is 1. The van der Waals surface area contributed by atoms with Gasteiger partial charge in [0, 0.05) is 31.6 Å². The van der Waals surface area contributed by atoms with E-state index in [0.717, 1.165) is 42.7 Å². The van der Waals surface area contributed by atoms with Crippen molar-refractivity contribution in [2.24, 2.45) is 0 Å². The van der Waals surface area contributed by atoms with Crippen molar-refractivity contribution in [1.29, 1.82) is 0 Å². The molecule has 2 aromatic heterocycles. The lowest BCUT2D eigenvalue weighted by molar-refractivity contribution is -0.122. The van der Waals surface area contributed by atoms with Crippen LogP contribution in [0.2, 0.25) is 0 Å². The number of para-hydroxylation sites is 1. The quantitative estimate of drug-likeness (QED) is 0.519. The van der Waals surface area contributed by atoms with Crippen LogP contribution < -0.4 is 5.32 Å². The third-order valence-corrected chi connectivity index (χ3v) is 5.65. The summed E-state index contributed by atoms with van der Waals surface area (Å²) in [7, 11) is 2.10. The number of likely N-dealkylation sites (N-methyl/N-ethyl adjacent to an activating group) is 1. The fourth-order valence-electron chi connectivity index (χ4n) is 3.95. The Balaban J connectivity index is 1.37. The highest BCUT2D eigenvalue weighted by Gasteiger charge is 2.30. The third-order valence-electron chi connectivity index (χ3n) is 5.65. The Hall–Kier alpha value is -3.49. The average molecular weight is 416 g/mol. The van der Waals surface area contributed by atoms with Gasteiger partial charge in [-0.05, 0) is 24.7 Å². The molecule has 158 valence electrons. The van der Waals surface area contributed by atoms with Crippen LogP contribution in [0.1, 0.15) is 11.6 Å². The van der Waals surface area contributed by atoms with Gasteiger partial charge in [0.05, 0.1) is 0 Å². The second-order valence-corrected chi connectivity index (χ2v) is 7.80. The summed E-state index contributed by atoms with van der Waals surface area (Å²) in [4.78, 5) is 22.2. The molecular weight excluding hydrogens is 392 g/mol. The van der Waals surface area contributed by atoms with Gasteiger partial charge in [-0.15, -0.1) is 5.10 Å². The highest BCUT2D eigenvalue weighted by atomic mass is 16.3. The minimum Gasteiger partial charge on any atom is -0.453 e. The number of nitrogens with one attached hydrogen (secondary N) is 2. The number of fused-ring (bicyclic) bond motifs is 1. The maximum atomic E-state index is 13.3. The summed E-state index contributed by atoms with van der Waals surface area (Å²) in [5.41, 5.74) is 1.73. The zero-order chi connectivity index (χ0) is 21.2. The number of anilines is 1. The Bertz CT molecular complexity index is 1140. The average Bonchev–Trinajstić information content (AvgIpc) is 3.43. The van der Waals surface area contributed by atoms with Gasteiger partial charge in [-0.1, -0.05) is 48.5 Å². The fourth-order valence-corrected chi connectivity index (χ4v) is 3.95. The van der Waals surface area contributed by atoms with E-state index in [1.807, 2.05) is 60.7 Å². The van der Waals surface area contributed by atoms with Crippen molar-refractivity contribution in [2.75, 3.05) is 38.5 Å². The van der Waals surface area contributed by atoms with Gasteiger partial charge in [0.2, 0.25) is 11.9 Å². The number of hydrogen-bond acceptors (Lipinski definition) is 6. The van der Waals surface area contributed by atoms with E-state index in [1.165, 1.54) is 0 Å². The number of H-pyrrole nitrogens is 1. The van der Waals surface area contributed by atoms with Gasteiger partial charge < -0.3 is 9.32 Å². The number of aromatic nitrogens is 3. The van der Waals surface area contributed by atoms with Crippen molar-refractivity contribution in [2.45, 2.75) is 6.04 Å². The Morgan fingerprint density at radius 1 is 1.06 bits per heavy atom. The van der Waals surface area contributed by atoms with E-state index in [-0.39, 0.29) is 11.9 Å². The molecule has 31 heavy (non-hydrogen) atoms. The number of benzene rings is 2. The first-order chi connectivity index (χ1) is 15.2. The molecule has 1 unspecified atom stereocenters. The van der Waals surface area contributed by atoms with E-state index in [0.29, 0.717) is 11.6 Å². The first-order valence-corrected chi connectivity index (χ1v) is 10.4. The number of carbonyl (C=O) groups excluding carboxylic acids is 1. The molecule has 1 amide bonds. The van der Waals surface area contributed by atoms with Crippen molar-refractivity contribution < 1.29 is 9.21 Å². The number of hydrogen-bond donors (Lipinski definition) is 2. The van der Waals surface area contributed by atoms with Crippen molar-refractivity contribution in [3.05, 3.63) is 66.2 Å². The zero-order valence-electron chi connectivity index (χ0n) is 17.3. The first kappa shape index (κ1) is 19.5. The summed E-state index contributed by atoms with van der Waals surface area (Å²) < 4.78 is 5.84. The fraction of sp³-hybridized carbons (Fsp3) is 0.261. The van der Waals surface area contributed by atoms with Crippen LogP contribution in [0.3, 0.4) is 0 Å². The van der Waals surface area contributed by atoms with Crippen molar-refractivity contribution in [3.8, 4) is 11.6 Å². The van der Waals surface area contributed by atoms with Crippen LogP contribution in [-0.2, 0) is 4.79 Å². The number of piperazine rings is 1. The third kappa shape index (κ3) is 4.08. The van der Waals surface area contributed by atoms with Crippen molar-refractivity contribution >= 4 is 22.8 Å². The Morgan fingerprint density at radius 3 is 2.58 bits per heavy atom. The molecular formula is C23H24N6O2. The molecule has 1 aliphatic heterocycles. The molecule has 1 saturated heterocycles. The van der Waals surface area contributed by atoms with Crippen LogP contribution in [0.5, 0.6) is 0 Å². The van der Waals surface area contributed by atoms with Gasteiger partial charge in [0.15, 0.2) is 11.6 Å². The molecule has 0 spiro atoms. The van der Waals surface area contributed by atoms with E-state index in [2.05, 4.69) is 37.3 Å². The van der Waals surface area contributed by atoms with Crippen LogP contribution >= 0.6 is 0 Å². The molecule has 5 rings (SSSR count). The lowest BCUT2D eigenvalue weighted by Crippen LogP contribution is -2.48. The molecule has 3 heterocycles. The van der Waals surface area contributed by atoms with Crippen LogP contribution in [0.15, 0.2) is 65.1 Å². The monoisotopic (exact) mass is 416 g/mol. The SMILES string of the molecule is CN1CCN(C(C(=O)Nc2n[nH]c(-c3cc4ccccc4o3)n2)c2ccccc2)CC1. The van der Waals surface area contributed by atoms with Crippen molar-refractivity contribution in [1.82, 2.24) is 25.0 Å². The standard InChI is InChI=1S/C23H24N6O2/c1-28-11-13-29(14-12-28)20(16-7-3-2-4-8-16)22(30)25-23-24-21(26-27-23)19-15-17-9-5-6-10-18(17)31-19/h2-10,15,20H,11-14H2,1H3,(H2,24,25,26,27,30). The Kier molecular flexibility index (Phi) is 5.23. The summed E-state index contributed by atoms with van der Waals surface area (Å²) in [5, 5.41) is 10.9. The largest absolute Gasteiger partial charge is 0.453 e. The molecule has 1 atom stereocenters. The number of rotatable bonds is 5. The molecule has 0 saturated carbocycles. The van der Waals surface area contributed by atoms with E-state index < -0.39 is 6.04 Å². The minimum atomic E-state index is -0.400. The zero-order valence-corrected chi connectivity index (χ0v) is 17.3. The number of nitrogens with zero attached hydrogens (tertiary/aromatic N) is 4. The molecule has 0 radical (unpaired) electrons. The topological polar surface area (TPSA) is 90.3 Å². The molecule has 2 N–H and O–H groups in total. The molecule has 0 aliphatic carbocycles. The lowest BCUT2D eigenvalue weighted by atomic mass is 10.0. The molecule has 2 aromatic carbocycles. The lowest BCUT2D eigenvalue weighted by Gasteiger charge is -2.37. The van der Waals surface area contributed by atoms with Gasteiger partial charge in [-0.25, -0.2) is 0 Å². The second kappa shape index (κ2) is 8.33. The predicted octanol–water partition coefficient (Wildman–Crippen LogP) is 3.15. The summed E-state index contributed by atoms with van der Waals surface area (Å²) >= 11 is 0. The number of carbonyl (C=O) groups is 1. The first-order valence-electron chi connectivity index (χ1n) is 10.4. The molecule has 4 aromatic rings. The van der Waals surface area contributed by atoms with Gasteiger partial charge in [-0.2, -0.15) is 4.98 Å². The van der Waals surface area contributed by atoms with Crippen LogP contribution in [0.25, 0.3) is 22.6 Å². The van der Waals surface area contributed by atoms with Gasteiger partial charge in [-0.3, -0.25) is 20.1 Å². The smallest absolute Gasteiger partial charge is 0.249 e.